The lowest BCUT2D eigenvalue weighted by Crippen LogP contribution is -1.94. The molecule has 0 aliphatic carbocycles. The quantitative estimate of drug-likeness (QED) is 0.761. The van der Waals surface area contributed by atoms with Gasteiger partial charge in [-0.25, -0.2) is 4.79 Å². The van der Waals surface area contributed by atoms with Crippen molar-refractivity contribution in [2.75, 3.05) is 0 Å². The second-order valence-corrected chi connectivity index (χ2v) is 4.69. The third-order valence-electron chi connectivity index (χ3n) is 2.64. The number of benzene rings is 1. The maximum Gasteiger partial charge on any atom is 0.358 e. The lowest BCUT2D eigenvalue weighted by Gasteiger charge is -1.93. The van der Waals surface area contributed by atoms with E-state index in [9.17, 15) is 4.79 Å². The zero-order valence-corrected chi connectivity index (χ0v) is 10.6. The maximum absolute atomic E-state index is 10.8. The van der Waals surface area contributed by atoms with Gasteiger partial charge in [-0.3, -0.25) is 0 Å². The first-order valence-corrected chi connectivity index (χ1v) is 5.91. The molecule has 2 N–H and O–H groups in total. The highest BCUT2D eigenvalue weighted by molar-refractivity contribution is 9.10. The zero-order chi connectivity index (χ0) is 12.7. The minimum absolute atomic E-state index is 0.100. The molecule has 0 aliphatic heterocycles. The fraction of sp³-hybridized carbons (Fsp3) is 0. The van der Waals surface area contributed by atoms with Gasteiger partial charge in [0.15, 0.2) is 11.5 Å². The van der Waals surface area contributed by atoms with Gasteiger partial charge in [-0.05, 0) is 12.1 Å². The molecule has 0 bridgehead atoms. The van der Waals surface area contributed by atoms with Crippen molar-refractivity contribution in [1.82, 2.24) is 10.1 Å². The largest absolute Gasteiger partial charge is 0.476 e. The minimum atomic E-state index is -1.10. The number of aromatic amines is 1. The Labute approximate surface area is 110 Å². The van der Waals surface area contributed by atoms with E-state index in [2.05, 4.69) is 26.1 Å². The molecule has 0 unspecified atom stereocenters. The first-order valence-electron chi connectivity index (χ1n) is 5.12. The number of nitrogens with one attached hydrogen (secondary N) is 1. The molecule has 18 heavy (non-hydrogen) atoms. The number of nitrogens with zero attached hydrogens (tertiary/aromatic N) is 1. The Morgan fingerprint density at radius 3 is 2.94 bits per heavy atom. The molecule has 0 saturated heterocycles. The van der Waals surface area contributed by atoms with Crippen molar-refractivity contribution in [1.29, 1.82) is 0 Å². The summed E-state index contributed by atoms with van der Waals surface area (Å²) < 4.78 is 6.01. The van der Waals surface area contributed by atoms with E-state index < -0.39 is 5.97 Å². The molecule has 90 valence electrons. The van der Waals surface area contributed by atoms with E-state index in [1.165, 1.54) is 6.07 Å². The predicted octanol–water partition coefficient (Wildman–Crippen LogP) is 3.28. The van der Waals surface area contributed by atoms with E-state index in [-0.39, 0.29) is 5.69 Å². The minimum Gasteiger partial charge on any atom is -0.476 e. The lowest BCUT2D eigenvalue weighted by molar-refractivity contribution is 0.0686. The van der Waals surface area contributed by atoms with Crippen molar-refractivity contribution in [3.63, 3.8) is 0 Å². The third kappa shape index (κ3) is 1.70. The summed E-state index contributed by atoms with van der Waals surface area (Å²) in [6, 6.07) is 7.18. The molecule has 2 heterocycles. The van der Waals surface area contributed by atoms with Crippen LogP contribution in [-0.2, 0) is 0 Å². The van der Waals surface area contributed by atoms with Crippen LogP contribution in [0.3, 0.4) is 0 Å². The van der Waals surface area contributed by atoms with E-state index in [1.807, 2.05) is 18.2 Å². The van der Waals surface area contributed by atoms with Crippen LogP contribution >= 0.6 is 15.9 Å². The average molecular weight is 307 g/mol. The molecular formula is C12H7BrN2O3. The van der Waals surface area contributed by atoms with Gasteiger partial charge in [-0.15, -0.1) is 0 Å². The predicted molar refractivity (Wildman–Crippen MR) is 68.5 cm³/mol. The Balaban J connectivity index is 2.16. The fourth-order valence-corrected chi connectivity index (χ4v) is 2.17. The summed E-state index contributed by atoms with van der Waals surface area (Å²) in [7, 11) is 0. The summed E-state index contributed by atoms with van der Waals surface area (Å²) >= 11 is 3.39. The zero-order valence-electron chi connectivity index (χ0n) is 8.98. The first kappa shape index (κ1) is 11.0. The van der Waals surface area contributed by atoms with Crippen LogP contribution in [-0.4, -0.2) is 21.2 Å². The molecule has 0 fully saturated rings. The number of halogens is 1. The molecule has 5 nitrogen and oxygen atoms in total. The summed E-state index contributed by atoms with van der Waals surface area (Å²) in [6.07, 6.45) is 1.77. The number of hydrogen-bond acceptors (Lipinski definition) is 3. The van der Waals surface area contributed by atoms with Gasteiger partial charge in [0.05, 0.1) is 0 Å². The molecule has 0 saturated carbocycles. The highest BCUT2D eigenvalue weighted by Crippen LogP contribution is 2.30. The number of carbonyl (C=O) groups is 1. The highest BCUT2D eigenvalue weighted by Gasteiger charge is 2.15. The van der Waals surface area contributed by atoms with Crippen molar-refractivity contribution in [3.05, 3.63) is 40.6 Å². The van der Waals surface area contributed by atoms with Crippen molar-refractivity contribution in [2.24, 2.45) is 0 Å². The van der Waals surface area contributed by atoms with Gasteiger partial charge >= 0.3 is 5.97 Å². The van der Waals surface area contributed by atoms with Gasteiger partial charge in [-0.1, -0.05) is 27.2 Å². The number of carboxylic acids is 1. The lowest BCUT2D eigenvalue weighted by atomic mass is 10.1. The van der Waals surface area contributed by atoms with Crippen LogP contribution in [0.4, 0.5) is 0 Å². The molecule has 6 heteroatoms. The van der Waals surface area contributed by atoms with Crippen LogP contribution in [0.1, 0.15) is 10.5 Å². The summed E-state index contributed by atoms with van der Waals surface area (Å²) in [5.74, 6) is -0.673. The van der Waals surface area contributed by atoms with Crippen LogP contribution < -0.4 is 0 Å². The van der Waals surface area contributed by atoms with Crippen LogP contribution in [0.5, 0.6) is 0 Å². The molecule has 3 aromatic rings. The van der Waals surface area contributed by atoms with E-state index in [0.29, 0.717) is 5.76 Å². The third-order valence-corrected chi connectivity index (χ3v) is 3.13. The van der Waals surface area contributed by atoms with E-state index in [0.717, 1.165) is 20.9 Å². The van der Waals surface area contributed by atoms with Crippen molar-refractivity contribution >= 4 is 32.8 Å². The summed E-state index contributed by atoms with van der Waals surface area (Å²) in [4.78, 5) is 13.9. The number of carboxylic acid groups (broad SMARTS) is 1. The number of fused-ring (bicyclic) bond motifs is 1. The Bertz CT molecular complexity index is 745. The number of H-pyrrole nitrogens is 1. The monoisotopic (exact) mass is 306 g/mol. The Morgan fingerprint density at radius 1 is 1.39 bits per heavy atom. The Morgan fingerprint density at radius 2 is 2.22 bits per heavy atom. The Kier molecular flexibility index (Phi) is 2.45. The van der Waals surface area contributed by atoms with E-state index in [1.54, 1.807) is 6.20 Å². The van der Waals surface area contributed by atoms with Crippen LogP contribution in [0, 0.1) is 0 Å². The van der Waals surface area contributed by atoms with Crippen molar-refractivity contribution in [2.45, 2.75) is 0 Å². The van der Waals surface area contributed by atoms with Gasteiger partial charge in [0, 0.05) is 33.2 Å². The molecular weight excluding hydrogens is 300 g/mol. The molecule has 0 aliphatic rings. The van der Waals surface area contributed by atoms with Gasteiger partial charge in [0.2, 0.25) is 0 Å². The van der Waals surface area contributed by atoms with E-state index >= 15 is 0 Å². The van der Waals surface area contributed by atoms with Crippen LogP contribution in [0.2, 0.25) is 0 Å². The second kappa shape index (κ2) is 3.99. The molecule has 0 amide bonds. The number of aromatic carboxylic acids is 1. The van der Waals surface area contributed by atoms with Gasteiger partial charge in [-0.2, -0.15) is 0 Å². The second-order valence-electron chi connectivity index (χ2n) is 3.77. The van der Waals surface area contributed by atoms with Crippen molar-refractivity contribution < 1.29 is 14.4 Å². The van der Waals surface area contributed by atoms with Crippen LogP contribution in [0.25, 0.3) is 22.2 Å². The molecule has 2 aromatic heterocycles. The number of rotatable bonds is 2. The standard InChI is InChI=1S/C12H7BrN2O3/c13-6-1-2-7-8(5-14-9(7)3-6)11-4-10(12(16)17)15-18-11/h1-5,14H,(H,16,17). The normalized spacial score (nSPS) is 10.9. The molecule has 0 atom stereocenters. The number of hydrogen-bond donors (Lipinski definition) is 2. The summed E-state index contributed by atoms with van der Waals surface area (Å²) in [5, 5.41) is 13.3. The average Bonchev–Trinajstić information content (AvgIpc) is 2.92. The highest BCUT2D eigenvalue weighted by atomic mass is 79.9. The first-order chi connectivity index (χ1) is 8.65. The molecule has 1 aromatic carbocycles. The summed E-state index contributed by atoms with van der Waals surface area (Å²) in [6.45, 7) is 0. The van der Waals surface area contributed by atoms with Crippen molar-refractivity contribution in [3.8, 4) is 11.3 Å². The summed E-state index contributed by atoms with van der Waals surface area (Å²) in [5.41, 5.74) is 1.63. The van der Waals surface area contributed by atoms with Gasteiger partial charge < -0.3 is 14.6 Å². The van der Waals surface area contributed by atoms with Gasteiger partial charge in [0.25, 0.3) is 0 Å². The molecule has 0 radical (unpaired) electrons. The maximum atomic E-state index is 10.8. The topological polar surface area (TPSA) is 79.1 Å². The van der Waals surface area contributed by atoms with Gasteiger partial charge in [0.1, 0.15) is 0 Å². The van der Waals surface area contributed by atoms with Crippen LogP contribution in [0.15, 0.2) is 39.5 Å². The molecule has 0 spiro atoms. The van der Waals surface area contributed by atoms with E-state index in [4.69, 9.17) is 9.63 Å². The fourth-order valence-electron chi connectivity index (χ4n) is 1.81. The molecule has 3 rings (SSSR count). The smallest absolute Gasteiger partial charge is 0.358 e. The number of aromatic nitrogens is 2. The Hall–Kier alpha value is -2.08. The SMILES string of the molecule is O=C(O)c1cc(-c2c[nH]c3cc(Br)ccc23)on1.